The van der Waals surface area contributed by atoms with Crippen molar-refractivity contribution in [3.05, 3.63) is 18.2 Å². The summed E-state index contributed by atoms with van der Waals surface area (Å²) in [5, 5.41) is 5.62. The summed E-state index contributed by atoms with van der Waals surface area (Å²) in [7, 11) is -1.86. The molecule has 156 valence electrons. The van der Waals surface area contributed by atoms with Crippen LogP contribution in [0.2, 0.25) is 0 Å². The van der Waals surface area contributed by atoms with Crippen LogP contribution in [0.3, 0.4) is 0 Å². The first kappa shape index (κ1) is 22.4. The largest absolute Gasteiger partial charge is 0.482 e. The number of piperazine rings is 1. The van der Waals surface area contributed by atoms with E-state index in [-0.39, 0.29) is 48.8 Å². The Morgan fingerprint density at radius 2 is 1.96 bits per heavy atom. The standard InChI is InChI=1S/C17H24N4O5S.ClH/c1-18-6-2-3-17(23)20-7-9-21(10-8-20)27(24,25)13-4-5-15-14(11-13)19-16(22)12-26-15;/h4-5,11,18H,2-3,6-10,12H2,1H3,(H,19,22);1H. The summed E-state index contributed by atoms with van der Waals surface area (Å²) in [5.74, 6) is 0.184. The second-order valence-corrected chi connectivity index (χ2v) is 8.42. The third kappa shape index (κ3) is 4.93. The number of nitrogens with zero attached hydrogens (tertiary/aromatic N) is 2. The summed E-state index contributed by atoms with van der Waals surface area (Å²) in [6.07, 6.45) is 1.22. The van der Waals surface area contributed by atoms with Gasteiger partial charge in [0.15, 0.2) is 6.61 Å². The van der Waals surface area contributed by atoms with Crippen molar-refractivity contribution in [2.75, 3.05) is 51.7 Å². The number of fused-ring (bicyclic) bond motifs is 1. The Morgan fingerprint density at radius 1 is 1.25 bits per heavy atom. The van der Waals surface area contributed by atoms with Crippen molar-refractivity contribution in [2.45, 2.75) is 17.7 Å². The fourth-order valence-electron chi connectivity index (χ4n) is 3.12. The van der Waals surface area contributed by atoms with E-state index in [4.69, 9.17) is 4.74 Å². The predicted octanol–water partition coefficient (Wildman–Crippen LogP) is 0.272. The minimum absolute atomic E-state index is 0. The quantitative estimate of drug-likeness (QED) is 0.625. The molecule has 11 heteroatoms. The number of carbonyl (C=O) groups excluding carboxylic acids is 2. The number of anilines is 1. The first-order valence-electron chi connectivity index (χ1n) is 8.91. The molecule has 0 saturated carbocycles. The van der Waals surface area contributed by atoms with Gasteiger partial charge in [-0.1, -0.05) is 0 Å². The average Bonchev–Trinajstić information content (AvgIpc) is 2.67. The van der Waals surface area contributed by atoms with Gasteiger partial charge in [-0.05, 0) is 38.2 Å². The molecule has 1 saturated heterocycles. The number of carbonyl (C=O) groups is 2. The zero-order valence-electron chi connectivity index (χ0n) is 15.6. The lowest BCUT2D eigenvalue weighted by Crippen LogP contribution is -2.50. The highest BCUT2D eigenvalue weighted by atomic mass is 35.5. The summed E-state index contributed by atoms with van der Waals surface area (Å²) in [4.78, 5) is 25.4. The van der Waals surface area contributed by atoms with E-state index in [0.29, 0.717) is 30.9 Å². The van der Waals surface area contributed by atoms with Crippen LogP contribution in [0.15, 0.2) is 23.1 Å². The maximum atomic E-state index is 12.9. The Morgan fingerprint density at radius 3 is 2.64 bits per heavy atom. The number of benzene rings is 1. The van der Waals surface area contributed by atoms with Crippen LogP contribution < -0.4 is 15.4 Å². The average molecular weight is 433 g/mol. The van der Waals surface area contributed by atoms with Crippen LogP contribution in [-0.4, -0.2) is 75.8 Å². The molecule has 2 aliphatic rings. The van der Waals surface area contributed by atoms with Crippen molar-refractivity contribution in [1.82, 2.24) is 14.5 Å². The van der Waals surface area contributed by atoms with Crippen molar-refractivity contribution in [3.63, 3.8) is 0 Å². The van der Waals surface area contributed by atoms with Crippen LogP contribution in [0.4, 0.5) is 5.69 Å². The van der Waals surface area contributed by atoms with Gasteiger partial charge in [-0.2, -0.15) is 4.31 Å². The molecule has 0 unspecified atom stereocenters. The Labute approximate surface area is 170 Å². The lowest BCUT2D eigenvalue weighted by Gasteiger charge is -2.34. The molecule has 2 amide bonds. The van der Waals surface area contributed by atoms with Gasteiger partial charge >= 0.3 is 0 Å². The summed E-state index contributed by atoms with van der Waals surface area (Å²) in [6.45, 7) is 1.95. The zero-order chi connectivity index (χ0) is 19.4. The lowest BCUT2D eigenvalue weighted by atomic mass is 10.2. The molecule has 2 aliphatic heterocycles. The summed E-state index contributed by atoms with van der Waals surface area (Å²) in [6, 6.07) is 4.43. The number of hydrogen-bond acceptors (Lipinski definition) is 6. The van der Waals surface area contributed by atoms with Gasteiger partial charge in [0.2, 0.25) is 15.9 Å². The number of rotatable bonds is 6. The highest BCUT2D eigenvalue weighted by molar-refractivity contribution is 7.89. The smallest absolute Gasteiger partial charge is 0.262 e. The molecule has 2 heterocycles. The number of nitrogens with one attached hydrogen (secondary N) is 2. The summed E-state index contributed by atoms with van der Waals surface area (Å²) in [5.41, 5.74) is 0.352. The first-order chi connectivity index (χ1) is 12.9. The van der Waals surface area contributed by atoms with Crippen LogP contribution in [0, 0.1) is 0 Å². The monoisotopic (exact) mass is 432 g/mol. The number of amides is 2. The molecule has 1 fully saturated rings. The number of ether oxygens (including phenoxy) is 1. The number of hydrogen-bond donors (Lipinski definition) is 2. The second-order valence-electron chi connectivity index (χ2n) is 6.49. The van der Waals surface area contributed by atoms with E-state index in [9.17, 15) is 18.0 Å². The highest BCUT2D eigenvalue weighted by Gasteiger charge is 2.31. The fraction of sp³-hybridized carbons (Fsp3) is 0.529. The van der Waals surface area contributed by atoms with Crippen molar-refractivity contribution in [1.29, 1.82) is 0 Å². The second kappa shape index (κ2) is 9.55. The molecule has 0 aromatic heterocycles. The van der Waals surface area contributed by atoms with Gasteiger partial charge in [-0.3, -0.25) is 9.59 Å². The number of halogens is 1. The van der Waals surface area contributed by atoms with Gasteiger partial charge in [0.25, 0.3) is 5.91 Å². The van der Waals surface area contributed by atoms with E-state index in [1.54, 1.807) is 11.0 Å². The number of sulfonamides is 1. The van der Waals surface area contributed by atoms with Gasteiger partial charge in [0.05, 0.1) is 10.6 Å². The Balaban J connectivity index is 0.00000280. The van der Waals surface area contributed by atoms with Crippen LogP contribution in [0.25, 0.3) is 0 Å². The fourth-order valence-corrected chi connectivity index (χ4v) is 4.57. The third-order valence-corrected chi connectivity index (χ3v) is 6.53. The first-order valence-corrected chi connectivity index (χ1v) is 10.3. The predicted molar refractivity (Wildman–Crippen MR) is 106 cm³/mol. The van der Waals surface area contributed by atoms with E-state index in [1.807, 2.05) is 7.05 Å². The molecule has 28 heavy (non-hydrogen) atoms. The lowest BCUT2D eigenvalue weighted by molar-refractivity contribution is -0.132. The Bertz CT molecular complexity index is 825. The van der Waals surface area contributed by atoms with Crippen molar-refractivity contribution < 1.29 is 22.7 Å². The zero-order valence-corrected chi connectivity index (χ0v) is 17.3. The summed E-state index contributed by atoms with van der Waals surface area (Å²) < 4.78 is 32.4. The SMILES string of the molecule is CNCCCC(=O)N1CCN(S(=O)(=O)c2ccc3c(c2)NC(=O)CO3)CC1.Cl. The molecule has 1 aromatic carbocycles. The Hall–Kier alpha value is -1.88. The Kier molecular flexibility index (Phi) is 7.64. The normalized spacial score (nSPS) is 17.2. The van der Waals surface area contributed by atoms with Crippen LogP contribution in [0.5, 0.6) is 5.75 Å². The van der Waals surface area contributed by atoms with E-state index >= 15 is 0 Å². The molecule has 9 nitrogen and oxygen atoms in total. The van der Waals surface area contributed by atoms with E-state index in [1.165, 1.54) is 16.4 Å². The van der Waals surface area contributed by atoms with Gasteiger partial charge in [-0.25, -0.2) is 8.42 Å². The molecule has 0 radical (unpaired) electrons. The van der Waals surface area contributed by atoms with Crippen molar-refractivity contribution in [3.8, 4) is 5.75 Å². The van der Waals surface area contributed by atoms with E-state index in [0.717, 1.165) is 13.0 Å². The minimum atomic E-state index is -3.70. The molecule has 0 atom stereocenters. The van der Waals surface area contributed by atoms with Gasteiger partial charge < -0.3 is 20.3 Å². The topological polar surface area (TPSA) is 108 Å². The molecule has 1 aromatic rings. The third-order valence-electron chi connectivity index (χ3n) is 4.63. The van der Waals surface area contributed by atoms with Crippen molar-refractivity contribution >= 4 is 39.9 Å². The van der Waals surface area contributed by atoms with Gasteiger partial charge in [0, 0.05) is 32.6 Å². The molecule has 0 bridgehead atoms. The van der Waals surface area contributed by atoms with E-state index in [2.05, 4.69) is 10.6 Å². The van der Waals surface area contributed by atoms with Crippen LogP contribution in [0.1, 0.15) is 12.8 Å². The molecular weight excluding hydrogens is 408 g/mol. The van der Waals surface area contributed by atoms with Gasteiger partial charge in [0.1, 0.15) is 5.75 Å². The van der Waals surface area contributed by atoms with Gasteiger partial charge in [-0.15, -0.1) is 12.4 Å². The maximum absolute atomic E-state index is 12.9. The molecule has 0 aliphatic carbocycles. The van der Waals surface area contributed by atoms with Crippen LogP contribution >= 0.6 is 12.4 Å². The maximum Gasteiger partial charge on any atom is 0.262 e. The van der Waals surface area contributed by atoms with Crippen LogP contribution in [-0.2, 0) is 19.6 Å². The van der Waals surface area contributed by atoms with E-state index < -0.39 is 10.0 Å². The van der Waals surface area contributed by atoms with Crippen molar-refractivity contribution in [2.24, 2.45) is 0 Å². The summed E-state index contributed by atoms with van der Waals surface area (Å²) >= 11 is 0. The highest BCUT2D eigenvalue weighted by Crippen LogP contribution is 2.31. The minimum Gasteiger partial charge on any atom is -0.482 e. The molecule has 0 spiro atoms. The molecule has 3 rings (SSSR count). The molecular formula is C17H25ClN4O5S. The molecule has 2 N–H and O–H groups in total.